The number of nitrogens with one attached hydrogen (secondary N) is 1. The van der Waals surface area contributed by atoms with Gasteiger partial charge in [-0.25, -0.2) is 0 Å². The highest BCUT2D eigenvalue weighted by Gasteiger charge is 2.23. The van der Waals surface area contributed by atoms with Gasteiger partial charge in [-0.1, -0.05) is 11.6 Å². The van der Waals surface area contributed by atoms with Gasteiger partial charge in [0.25, 0.3) is 0 Å². The lowest BCUT2D eigenvalue weighted by atomic mass is 9.95. The molecule has 0 spiro atoms. The minimum Gasteiger partial charge on any atom is -0.297 e. The quantitative estimate of drug-likeness (QED) is 0.782. The first-order chi connectivity index (χ1) is 9.29. The number of rotatable bonds is 7. The Morgan fingerprint density at radius 3 is 2.50 bits per heavy atom. The monoisotopic (exact) mass is 296 g/mol. The van der Waals surface area contributed by atoms with Gasteiger partial charge in [-0.3, -0.25) is 10.00 Å². The first-order valence-electron chi connectivity index (χ1n) is 7.17. The van der Waals surface area contributed by atoms with E-state index in [0.29, 0.717) is 6.04 Å². The molecule has 1 N–H and O–H groups in total. The second-order valence-corrected chi connectivity index (χ2v) is 6.29. The smallest absolute Gasteiger partial charge is 0.104 e. The molecule has 1 unspecified atom stereocenters. The molecule has 0 amide bonds. The van der Waals surface area contributed by atoms with E-state index in [2.05, 4.69) is 30.3 Å². The lowest BCUT2D eigenvalue weighted by molar-refractivity contribution is 0.363. The molecule has 4 nitrogen and oxygen atoms in total. The van der Waals surface area contributed by atoms with Gasteiger partial charge in [0, 0.05) is 12.6 Å². The van der Waals surface area contributed by atoms with Gasteiger partial charge in [0.05, 0.1) is 22.5 Å². The number of halogens is 1. The fourth-order valence-electron chi connectivity index (χ4n) is 2.43. The highest BCUT2D eigenvalue weighted by Crippen LogP contribution is 2.20. The van der Waals surface area contributed by atoms with E-state index in [1.165, 1.54) is 0 Å². The predicted octanol–water partition coefficient (Wildman–Crippen LogP) is 3.60. The third-order valence-corrected chi connectivity index (χ3v) is 3.99. The Balaban J connectivity index is 2.45. The first-order valence-corrected chi connectivity index (χ1v) is 7.55. The largest absolute Gasteiger partial charge is 0.297 e. The van der Waals surface area contributed by atoms with Crippen LogP contribution < -0.4 is 5.32 Å². The number of aryl methyl sites for hydroxylation is 2. The maximum absolute atomic E-state index is 9.29. The molecule has 20 heavy (non-hydrogen) atoms. The fourth-order valence-corrected chi connectivity index (χ4v) is 2.57. The van der Waals surface area contributed by atoms with Crippen LogP contribution in [0.5, 0.6) is 0 Å². The molecule has 0 fully saturated rings. The summed E-state index contributed by atoms with van der Waals surface area (Å²) in [5.74, 6) is 0. The Bertz CT molecular complexity index is 487. The highest BCUT2D eigenvalue weighted by atomic mass is 35.5. The Morgan fingerprint density at radius 1 is 1.40 bits per heavy atom. The third-order valence-electron chi connectivity index (χ3n) is 3.44. The van der Waals surface area contributed by atoms with E-state index in [1.807, 2.05) is 25.5 Å². The SMILES string of the molecule is Cc1nn(CCCCC(C)(C#N)NC(C)C)c(C)c1Cl. The summed E-state index contributed by atoms with van der Waals surface area (Å²) in [4.78, 5) is 0. The van der Waals surface area contributed by atoms with Crippen LogP contribution in [0, 0.1) is 25.2 Å². The van der Waals surface area contributed by atoms with Crippen LogP contribution in [0.3, 0.4) is 0 Å². The first kappa shape index (κ1) is 17.0. The van der Waals surface area contributed by atoms with Crippen LogP contribution in [-0.4, -0.2) is 21.4 Å². The van der Waals surface area contributed by atoms with Gasteiger partial charge in [-0.05, 0) is 53.9 Å². The van der Waals surface area contributed by atoms with E-state index in [1.54, 1.807) is 0 Å². The van der Waals surface area contributed by atoms with Crippen molar-refractivity contribution in [2.75, 3.05) is 0 Å². The molecule has 0 aromatic carbocycles. The summed E-state index contributed by atoms with van der Waals surface area (Å²) in [6.07, 6.45) is 2.82. The maximum atomic E-state index is 9.29. The van der Waals surface area contributed by atoms with Crippen LogP contribution in [0.25, 0.3) is 0 Å². The summed E-state index contributed by atoms with van der Waals surface area (Å²) >= 11 is 6.13. The summed E-state index contributed by atoms with van der Waals surface area (Å²) in [5, 5.41) is 17.8. The van der Waals surface area contributed by atoms with Gasteiger partial charge in [0.1, 0.15) is 5.54 Å². The van der Waals surface area contributed by atoms with E-state index in [4.69, 9.17) is 11.6 Å². The molecule has 1 rings (SSSR count). The van der Waals surface area contributed by atoms with Crippen LogP contribution in [0.4, 0.5) is 0 Å². The minimum atomic E-state index is -0.444. The Kier molecular flexibility index (Phi) is 6.04. The van der Waals surface area contributed by atoms with Gasteiger partial charge >= 0.3 is 0 Å². The van der Waals surface area contributed by atoms with Crippen molar-refractivity contribution in [3.63, 3.8) is 0 Å². The number of nitrogens with zero attached hydrogens (tertiary/aromatic N) is 3. The molecular formula is C15H25ClN4. The van der Waals surface area contributed by atoms with Crippen molar-refractivity contribution in [3.05, 3.63) is 16.4 Å². The predicted molar refractivity (Wildman–Crippen MR) is 82.9 cm³/mol. The second-order valence-electron chi connectivity index (χ2n) is 5.91. The van der Waals surface area contributed by atoms with Crippen molar-refractivity contribution in [1.29, 1.82) is 5.26 Å². The summed E-state index contributed by atoms with van der Waals surface area (Å²) in [7, 11) is 0. The number of aromatic nitrogens is 2. The lowest BCUT2D eigenvalue weighted by Gasteiger charge is -2.25. The number of hydrogen-bond acceptors (Lipinski definition) is 3. The van der Waals surface area contributed by atoms with E-state index in [0.717, 1.165) is 42.2 Å². The maximum Gasteiger partial charge on any atom is 0.104 e. The normalized spacial score (nSPS) is 14.3. The van der Waals surface area contributed by atoms with Crippen molar-refractivity contribution in [1.82, 2.24) is 15.1 Å². The average molecular weight is 297 g/mol. The zero-order valence-electron chi connectivity index (χ0n) is 13.1. The van der Waals surface area contributed by atoms with Gasteiger partial charge in [0.2, 0.25) is 0 Å². The molecule has 0 saturated heterocycles. The van der Waals surface area contributed by atoms with Crippen LogP contribution in [0.15, 0.2) is 0 Å². The van der Waals surface area contributed by atoms with Crippen molar-refractivity contribution in [3.8, 4) is 6.07 Å². The molecular weight excluding hydrogens is 272 g/mol. The van der Waals surface area contributed by atoms with Crippen molar-refractivity contribution >= 4 is 11.6 Å². The topological polar surface area (TPSA) is 53.6 Å². The van der Waals surface area contributed by atoms with Gasteiger partial charge in [-0.2, -0.15) is 10.4 Å². The van der Waals surface area contributed by atoms with Crippen LogP contribution in [0.2, 0.25) is 5.02 Å². The summed E-state index contributed by atoms with van der Waals surface area (Å²) in [5.41, 5.74) is 1.46. The van der Waals surface area contributed by atoms with Gasteiger partial charge in [0.15, 0.2) is 0 Å². The van der Waals surface area contributed by atoms with Crippen molar-refractivity contribution < 1.29 is 0 Å². The molecule has 1 aromatic rings. The van der Waals surface area contributed by atoms with Crippen LogP contribution in [-0.2, 0) is 6.54 Å². The third kappa shape index (κ3) is 4.50. The van der Waals surface area contributed by atoms with E-state index in [9.17, 15) is 5.26 Å². The van der Waals surface area contributed by atoms with E-state index >= 15 is 0 Å². The molecule has 0 bridgehead atoms. The van der Waals surface area contributed by atoms with Gasteiger partial charge in [-0.15, -0.1) is 0 Å². The Morgan fingerprint density at radius 2 is 2.05 bits per heavy atom. The van der Waals surface area contributed by atoms with Crippen molar-refractivity contribution in [2.24, 2.45) is 0 Å². The van der Waals surface area contributed by atoms with E-state index in [-0.39, 0.29) is 0 Å². The zero-order valence-corrected chi connectivity index (χ0v) is 13.9. The molecule has 0 aliphatic rings. The van der Waals surface area contributed by atoms with Crippen LogP contribution >= 0.6 is 11.6 Å². The number of hydrogen-bond donors (Lipinski definition) is 1. The summed E-state index contributed by atoms with van der Waals surface area (Å²) in [6.45, 7) is 10.9. The molecule has 0 aliphatic heterocycles. The molecule has 1 heterocycles. The summed E-state index contributed by atoms with van der Waals surface area (Å²) < 4.78 is 1.96. The molecule has 1 aromatic heterocycles. The molecule has 112 valence electrons. The Labute approximate surface area is 127 Å². The lowest BCUT2D eigenvalue weighted by Crippen LogP contribution is -2.44. The number of unbranched alkanes of at least 4 members (excludes halogenated alkanes) is 1. The van der Waals surface area contributed by atoms with E-state index < -0.39 is 5.54 Å². The fraction of sp³-hybridized carbons (Fsp3) is 0.733. The minimum absolute atomic E-state index is 0.314. The summed E-state index contributed by atoms with van der Waals surface area (Å²) in [6, 6.07) is 2.69. The standard InChI is InChI=1S/C15H25ClN4/c1-11(2)18-15(5,10-17)8-6-7-9-20-13(4)14(16)12(3)19-20/h11,18H,6-9H2,1-5H3. The second kappa shape index (κ2) is 7.10. The molecule has 0 saturated carbocycles. The molecule has 5 heteroatoms. The van der Waals surface area contributed by atoms with Gasteiger partial charge < -0.3 is 0 Å². The molecule has 0 radical (unpaired) electrons. The van der Waals surface area contributed by atoms with Crippen LogP contribution in [0.1, 0.15) is 51.4 Å². The van der Waals surface area contributed by atoms with Crippen molar-refractivity contribution in [2.45, 2.75) is 72.0 Å². The Hall–Kier alpha value is -1.05. The molecule has 1 atom stereocenters. The average Bonchev–Trinajstić information content (AvgIpc) is 2.61. The molecule has 0 aliphatic carbocycles. The number of nitriles is 1. The zero-order chi connectivity index (χ0) is 15.3. The highest BCUT2D eigenvalue weighted by molar-refractivity contribution is 6.31.